The van der Waals surface area contributed by atoms with Crippen molar-refractivity contribution in [2.45, 2.75) is 25.6 Å². The molecule has 1 fully saturated rings. The maximum absolute atomic E-state index is 13.6. The Labute approximate surface area is 219 Å². The number of hydrogen-bond acceptors (Lipinski definition) is 6. The van der Waals surface area contributed by atoms with Gasteiger partial charge in [0.05, 0.1) is 41.8 Å². The molecule has 5 rings (SSSR count). The zero-order valence-electron chi connectivity index (χ0n) is 20.2. The highest BCUT2D eigenvalue weighted by Gasteiger charge is 2.34. The fraction of sp³-hybridized carbons (Fsp3) is 0.308. The molecule has 0 radical (unpaired) electrons. The van der Waals surface area contributed by atoms with Crippen molar-refractivity contribution in [2.75, 3.05) is 20.2 Å². The van der Waals surface area contributed by atoms with Crippen molar-refractivity contribution >= 4 is 45.8 Å². The number of amidine groups is 1. The molecule has 0 unspecified atom stereocenters. The number of halogens is 3. The average molecular weight is 545 g/mol. The predicted molar refractivity (Wildman–Crippen MR) is 137 cm³/mol. The Bertz CT molecular complexity index is 1470. The first kappa shape index (κ1) is 25.8. The molecule has 1 N–H and O–H groups in total. The molecule has 3 heterocycles. The highest BCUT2D eigenvalue weighted by atomic mass is 32.2. The fourth-order valence-corrected chi connectivity index (χ4v) is 5.53. The molecule has 1 amide bonds. The van der Waals surface area contributed by atoms with Gasteiger partial charge >= 0.3 is 12.1 Å². The molecule has 2 aromatic carbocycles. The molecule has 38 heavy (non-hydrogen) atoms. The molecule has 8 nitrogen and oxygen atoms in total. The van der Waals surface area contributed by atoms with E-state index in [1.165, 1.54) is 35.7 Å². The zero-order valence-corrected chi connectivity index (χ0v) is 21.1. The molecule has 0 spiro atoms. The van der Waals surface area contributed by atoms with E-state index in [4.69, 9.17) is 4.74 Å². The number of piperidine rings is 1. The number of carbonyl (C=O) groups excluding carboxylic acids is 1. The van der Waals surface area contributed by atoms with Crippen LogP contribution in [0, 0.1) is 5.92 Å². The van der Waals surface area contributed by atoms with E-state index in [0.717, 1.165) is 11.6 Å². The van der Waals surface area contributed by atoms with Crippen LogP contribution in [0.15, 0.2) is 52.5 Å². The third-order valence-corrected chi connectivity index (χ3v) is 7.67. The second kappa shape index (κ2) is 10.2. The van der Waals surface area contributed by atoms with Crippen LogP contribution in [0.25, 0.3) is 17.0 Å². The largest absolute Gasteiger partial charge is 0.497 e. The van der Waals surface area contributed by atoms with Crippen molar-refractivity contribution < 1.29 is 32.6 Å². The second-order valence-electron chi connectivity index (χ2n) is 9.05. The van der Waals surface area contributed by atoms with E-state index < -0.39 is 17.7 Å². The number of benzene rings is 2. The second-order valence-corrected chi connectivity index (χ2v) is 10.1. The molecule has 1 saturated heterocycles. The third kappa shape index (κ3) is 5.26. The van der Waals surface area contributed by atoms with E-state index in [1.54, 1.807) is 24.4 Å². The van der Waals surface area contributed by atoms with E-state index in [1.807, 2.05) is 11.0 Å². The molecule has 2 aliphatic rings. The van der Waals surface area contributed by atoms with Crippen LogP contribution in [0.4, 0.5) is 13.2 Å². The van der Waals surface area contributed by atoms with E-state index in [-0.39, 0.29) is 29.7 Å². The first-order valence-corrected chi connectivity index (χ1v) is 12.6. The van der Waals surface area contributed by atoms with Crippen molar-refractivity contribution in [2.24, 2.45) is 10.9 Å². The zero-order chi connectivity index (χ0) is 27.0. The Hall–Kier alpha value is -3.80. The van der Waals surface area contributed by atoms with Crippen LogP contribution in [-0.2, 0) is 22.3 Å². The minimum Gasteiger partial charge on any atom is -0.497 e. The van der Waals surface area contributed by atoms with Crippen LogP contribution in [-0.4, -0.2) is 57.0 Å². The van der Waals surface area contributed by atoms with Crippen LogP contribution in [0.2, 0.25) is 0 Å². The van der Waals surface area contributed by atoms with E-state index in [9.17, 15) is 27.9 Å². The standard InChI is InChI=1S/C26H23F3N4O4S/c1-37-19-4-3-17(20(12-19)26(27,28)29)14-33-21-5-2-15(10-18(21)13-30-33)11-22-23(34)31-25(38-22)32-8-6-16(7-9-32)24(35)36/h2-5,10-13,16H,6-9,14H2,1H3,(H,35,36)/b22-11-. The van der Waals surface area contributed by atoms with Gasteiger partial charge in [-0.25, -0.2) is 0 Å². The van der Waals surface area contributed by atoms with Crippen molar-refractivity contribution in [3.63, 3.8) is 0 Å². The summed E-state index contributed by atoms with van der Waals surface area (Å²) in [6.45, 7) is 0.977. The molecule has 0 saturated carbocycles. The van der Waals surface area contributed by atoms with E-state index >= 15 is 0 Å². The number of carboxylic acids is 1. The lowest BCUT2D eigenvalue weighted by atomic mass is 9.98. The van der Waals surface area contributed by atoms with Crippen LogP contribution in [0.5, 0.6) is 5.75 Å². The lowest BCUT2D eigenvalue weighted by molar-refractivity contribution is -0.143. The summed E-state index contributed by atoms with van der Waals surface area (Å²) in [5, 5.41) is 14.8. The summed E-state index contributed by atoms with van der Waals surface area (Å²) in [4.78, 5) is 30.2. The number of nitrogens with zero attached hydrogens (tertiary/aromatic N) is 4. The number of hydrogen-bond donors (Lipinski definition) is 1. The quantitative estimate of drug-likeness (QED) is 0.458. The molecule has 0 atom stereocenters. The lowest BCUT2D eigenvalue weighted by Gasteiger charge is -2.30. The predicted octanol–water partition coefficient (Wildman–Crippen LogP) is 4.88. The summed E-state index contributed by atoms with van der Waals surface area (Å²) in [5.74, 6) is -1.41. The molecule has 12 heteroatoms. The van der Waals surface area contributed by atoms with Crippen LogP contribution in [0.3, 0.4) is 0 Å². The van der Waals surface area contributed by atoms with Crippen molar-refractivity contribution in [3.05, 3.63) is 64.2 Å². The Morgan fingerprint density at radius 1 is 1.21 bits per heavy atom. The Morgan fingerprint density at radius 3 is 2.66 bits per heavy atom. The third-order valence-electron chi connectivity index (χ3n) is 6.63. The van der Waals surface area contributed by atoms with Crippen molar-refractivity contribution in [1.29, 1.82) is 0 Å². The highest BCUT2D eigenvalue weighted by Crippen LogP contribution is 2.36. The van der Waals surface area contributed by atoms with E-state index in [2.05, 4.69) is 10.1 Å². The Balaban J connectivity index is 1.32. The van der Waals surface area contributed by atoms with Crippen LogP contribution in [0.1, 0.15) is 29.5 Å². The molecule has 2 aliphatic heterocycles. The molecule has 0 bridgehead atoms. The highest BCUT2D eigenvalue weighted by molar-refractivity contribution is 8.18. The first-order chi connectivity index (χ1) is 18.1. The fourth-order valence-electron chi connectivity index (χ4n) is 4.57. The van der Waals surface area contributed by atoms with Gasteiger partial charge in [-0.1, -0.05) is 12.1 Å². The minimum absolute atomic E-state index is 0.0690. The molecule has 1 aromatic heterocycles. The number of ether oxygens (including phenoxy) is 1. The lowest BCUT2D eigenvalue weighted by Crippen LogP contribution is -2.38. The maximum Gasteiger partial charge on any atom is 0.416 e. The summed E-state index contributed by atoms with van der Waals surface area (Å²) in [6, 6.07) is 9.20. The summed E-state index contributed by atoms with van der Waals surface area (Å²) < 4.78 is 47.3. The molecular weight excluding hydrogens is 521 g/mol. The summed E-state index contributed by atoms with van der Waals surface area (Å²) in [7, 11) is 1.32. The van der Waals surface area contributed by atoms with Crippen LogP contribution >= 0.6 is 11.8 Å². The van der Waals surface area contributed by atoms with Gasteiger partial charge in [0.1, 0.15) is 5.75 Å². The number of amides is 1. The number of aliphatic imine (C=N–C) groups is 1. The Kier molecular flexibility index (Phi) is 6.91. The number of fused-ring (bicyclic) bond motifs is 1. The van der Waals surface area contributed by atoms with Gasteiger partial charge in [-0.05, 0) is 66.1 Å². The Morgan fingerprint density at radius 2 is 1.97 bits per heavy atom. The van der Waals surface area contributed by atoms with Crippen molar-refractivity contribution in [3.8, 4) is 5.75 Å². The van der Waals surface area contributed by atoms with Gasteiger partial charge in [-0.2, -0.15) is 23.3 Å². The minimum atomic E-state index is -4.54. The number of likely N-dealkylation sites (tertiary alicyclic amines) is 1. The number of carboxylic acid groups (broad SMARTS) is 1. The van der Waals surface area contributed by atoms with Gasteiger partial charge in [0.15, 0.2) is 5.17 Å². The number of aliphatic carboxylic acids is 1. The molecular formula is C26H23F3N4O4S. The van der Waals surface area contributed by atoms with Gasteiger partial charge in [-0.3, -0.25) is 14.3 Å². The first-order valence-electron chi connectivity index (χ1n) is 11.8. The molecule has 3 aromatic rings. The maximum atomic E-state index is 13.6. The van der Waals surface area contributed by atoms with Gasteiger partial charge in [0.2, 0.25) is 0 Å². The van der Waals surface area contributed by atoms with Gasteiger partial charge in [0, 0.05) is 18.5 Å². The molecule has 0 aliphatic carbocycles. The summed E-state index contributed by atoms with van der Waals surface area (Å²) in [5.41, 5.74) is 0.676. The topological polar surface area (TPSA) is 97.0 Å². The number of thioether (sulfide) groups is 1. The number of methoxy groups -OCH3 is 1. The van der Waals surface area contributed by atoms with Crippen molar-refractivity contribution in [1.82, 2.24) is 14.7 Å². The summed E-state index contributed by atoms with van der Waals surface area (Å²) in [6.07, 6.45) is -0.236. The summed E-state index contributed by atoms with van der Waals surface area (Å²) >= 11 is 1.25. The number of carbonyl (C=O) groups is 2. The number of alkyl halides is 3. The van der Waals surface area contributed by atoms with Gasteiger partial charge < -0.3 is 14.7 Å². The average Bonchev–Trinajstić information content (AvgIpc) is 3.46. The molecule has 198 valence electrons. The monoisotopic (exact) mass is 544 g/mol. The van der Waals surface area contributed by atoms with Gasteiger partial charge in [0.25, 0.3) is 5.91 Å². The number of aromatic nitrogens is 2. The van der Waals surface area contributed by atoms with E-state index in [0.29, 0.717) is 46.9 Å². The smallest absolute Gasteiger partial charge is 0.416 e. The van der Waals surface area contributed by atoms with Crippen LogP contribution < -0.4 is 4.74 Å². The number of rotatable bonds is 5. The van der Waals surface area contributed by atoms with Gasteiger partial charge in [-0.15, -0.1) is 0 Å². The normalized spacial score (nSPS) is 17.9. The SMILES string of the molecule is COc1ccc(Cn2ncc3cc(/C=C4\SC(N5CCC(C(=O)O)CC5)=NC4=O)ccc32)c(C(F)(F)F)c1.